The highest BCUT2D eigenvalue weighted by Gasteiger charge is 2.28. The number of hydrogen-bond acceptors (Lipinski definition) is 4. The fourth-order valence-electron chi connectivity index (χ4n) is 2.84. The molecule has 0 aliphatic carbocycles. The third-order valence-electron chi connectivity index (χ3n) is 4.33. The van der Waals surface area contributed by atoms with Gasteiger partial charge in [-0.1, -0.05) is 30.3 Å². The minimum absolute atomic E-state index is 0.0264. The van der Waals surface area contributed by atoms with Gasteiger partial charge in [0.15, 0.2) is 0 Å². The molecule has 2 atom stereocenters. The molecule has 3 N–H and O–H groups in total. The molecule has 1 aromatic carbocycles. The summed E-state index contributed by atoms with van der Waals surface area (Å²) in [6.07, 6.45) is 4.75. The average molecular weight is 350 g/mol. The maximum atomic E-state index is 12.3. The van der Waals surface area contributed by atoms with Crippen molar-refractivity contribution >= 4 is 23.6 Å². The number of carbonyl (C=O) groups is 2. The van der Waals surface area contributed by atoms with E-state index in [4.69, 9.17) is 5.73 Å². The SMILES string of the molecule is CSCC[C@H](N)C(=O)NC1CCN(C(=O)CCc2ccccc2)C1. The third kappa shape index (κ3) is 5.83. The van der Waals surface area contributed by atoms with Crippen LogP contribution in [0.4, 0.5) is 0 Å². The summed E-state index contributed by atoms with van der Waals surface area (Å²) in [5.41, 5.74) is 7.06. The van der Waals surface area contributed by atoms with Crippen LogP contribution in [0.5, 0.6) is 0 Å². The van der Waals surface area contributed by atoms with Gasteiger partial charge in [-0.2, -0.15) is 11.8 Å². The smallest absolute Gasteiger partial charge is 0.237 e. The standard InChI is InChI=1S/C18H27N3O2S/c1-24-12-10-16(19)18(23)20-15-9-11-21(13-15)17(22)8-7-14-5-3-2-4-6-14/h2-6,15-16H,7-13,19H2,1H3,(H,20,23)/t15?,16-/m0/s1. The van der Waals surface area contributed by atoms with Crippen LogP contribution in [-0.2, 0) is 16.0 Å². The molecule has 1 aromatic rings. The Morgan fingerprint density at radius 3 is 2.83 bits per heavy atom. The molecule has 2 rings (SSSR count). The molecule has 1 saturated heterocycles. The van der Waals surface area contributed by atoms with Gasteiger partial charge < -0.3 is 16.0 Å². The van der Waals surface area contributed by atoms with Gasteiger partial charge in [0.1, 0.15) is 0 Å². The number of likely N-dealkylation sites (tertiary alicyclic amines) is 1. The van der Waals surface area contributed by atoms with Crippen LogP contribution < -0.4 is 11.1 Å². The van der Waals surface area contributed by atoms with Crippen LogP contribution >= 0.6 is 11.8 Å². The van der Waals surface area contributed by atoms with Crippen molar-refractivity contribution in [3.63, 3.8) is 0 Å². The lowest BCUT2D eigenvalue weighted by Gasteiger charge is -2.18. The van der Waals surface area contributed by atoms with Crippen molar-refractivity contribution in [2.75, 3.05) is 25.1 Å². The molecule has 0 spiro atoms. The Kier molecular flexibility index (Phi) is 7.59. The van der Waals surface area contributed by atoms with Crippen LogP contribution in [0, 0.1) is 0 Å². The molecule has 0 bridgehead atoms. The molecule has 0 saturated carbocycles. The van der Waals surface area contributed by atoms with E-state index in [0.717, 1.165) is 18.6 Å². The van der Waals surface area contributed by atoms with Crippen LogP contribution in [0.2, 0.25) is 0 Å². The van der Waals surface area contributed by atoms with Crippen molar-refractivity contribution in [3.05, 3.63) is 35.9 Å². The summed E-state index contributed by atoms with van der Waals surface area (Å²) in [6, 6.07) is 9.59. The molecule has 6 heteroatoms. The van der Waals surface area contributed by atoms with Crippen LogP contribution in [0.3, 0.4) is 0 Å². The van der Waals surface area contributed by atoms with Gasteiger partial charge in [0.2, 0.25) is 11.8 Å². The van der Waals surface area contributed by atoms with Gasteiger partial charge in [0.05, 0.1) is 6.04 Å². The number of amides is 2. The highest BCUT2D eigenvalue weighted by molar-refractivity contribution is 7.98. The lowest BCUT2D eigenvalue weighted by Crippen LogP contribution is -2.46. The zero-order valence-electron chi connectivity index (χ0n) is 14.2. The quantitative estimate of drug-likeness (QED) is 0.744. The van der Waals surface area contributed by atoms with E-state index < -0.39 is 6.04 Å². The van der Waals surface area contributed by atoms with Gasteiger partial charge in [-0.3, -0.25) is 9.59 Å². The second-order valence-electron chi connectivity index (χ2n) is 6.21. The molecule has 1 aliphatic rings. The normalized spacial score (nSPS) is 18.4. The molecule has 2 amide bonds. The molecule has 132 valence electrons. The summed E-state index contributed by atoms with van der Waals surface area (Å²) in [6.45, 7) is 1.30. The van der Waals surface area contributed by atoms with E-state index in [-0.39, 0.29) is 17.9 Å². The molecule has 1 heterocycles. The van der Waals surface area contributed by atoms with Crippen LogP contribution in [-0.4, -0.2) is 53.9 Å². The molecule has 1 aliphatic heterocycles. The number of benzene rings is 1. The van der Waals surface area contributed by atoms with E-state index in [1.807, 2.05) is 41.5 Å². The number of nitrogens with zero attached hydrogens (tertiary/aromatic N) is 1. The maximum absolute atomic E-state index is 12.3. The predicted octanol–water partition coefficient (Wildman–Crippen LogP) is 1.42. The largest absolute Gasteiger partial charge is 0.350 e. The third-order valence-corrected chi connectivity index (χ3v) is 4.97. The average Bonchev–Trinajstić information content (AvgIpc) is 3.07. The van der Waals surface area contributed by atoms with E-state index in [1.54, 1.807) is 11.8 Å². The van der Waals surface area contributed by atoms with Crippen molar-refractivity contribution in [2.24, 2.45) is 5.73 Å². The Morgan fingerprint density at radius 1 is 1.38 bits per heavy atom. The molecule has 1 fully saturated rings. The van der Waals surface area contributed by atoms with Gasteiger partial charge >= 0.3 is 0 Å². The van der Waals surface area contributed by atoms with E-state index in [0.29, 0.717) is 25.9 Å². The van der Waals surface area contributed by atoms with E-state index in [2.05, 4.69) is 5.32 Å². The van der Waals surface area contributed by atoms with Crippen LogP contribution in [0.15, 0.2) is 30.3 Å². The van der Waals surface area contributed by atoms with Gasteiger partial charge in [0.25, 0.3) is 0 Å². The predicted molar refractivity (Wildman–Crippen MR) is 98.9 cm³/mol. The fourth-order valence-corrected chi connectivity index (χ4v) is 3.33. The van der Waals surface area contributed by atoms with E-state index in [1.165, 1.54) is 5.56 Å². The van der Waals surface area contributed by atoms with Crippen molar-refractivity contribution in [1.29, 1.82) is 0 Å². The van der Waals surface area contributed by atoms with E-state index in [9.17, 15) is 9.59 Å². The number of nitrogens with one attached hydrogen (secondary N) is 1. The monoisotopic (exact) mass is 349 g/mol. The second-order valence-corrected chi connectivity index (χ2v) is 7.19. The Bertz CT molecular complexity index is 538. The number of nitrogens with two attached hydrogens (primary N) is 1. The second kappa shape index (κ2) is 9.69. The Hall–Kier alpha value is -1.53. The molecule has 0 radical (unpaired) electrons. The first kappa shape index (κ1) is 18.8. The molecular weight excluding hydrogens is 322 g/mol. The van der Waals surface area contributed by atoms with Gasteiger partial charge in [-0.15, -0.1) is 0 Å². The summed E-state index contributed by atoms with van der Waals surface area (Å²) in [4.78, 5) is 26.2. The fraction of sp³-hybridized carbons (Fsp3) is 0.556. The van der Waals surface area contributed by atoms with Gasteiger partial charge in [0, 0.05) is 25.6 Å². The van der Waals surface area contributed by atoms with Crippen molar-refractivity contribution < 1.29 is 9.59 Å². The summed E-state index contributed by atoms with van der Waals surface area (Å²) in [5.74, 6) is 0.929. The topological polar surface area (TPSA) is 75.4 Å². The molecule has 5 nitrogen and oxygen atoms in total. The molecule has 24 heavy (non-hydrogen) atoms. The number of rotatable bonds is 8. The van der Waals surface area contributed by atoms with E-state index >= 15 is 0 Å². The van der Waals surface area contributed by atoms with Crippen molar-refractivity contribution in [1.82, 2.24) is 10.2 Å². The zero-order valence-corrected chi connectivity index (χ0v) is 15.1. The minimum Gasteiger partial charge on any atom is -0.350 e. The highest BCUT2D eigenvalue weighted by atomic mass is 32.2. The van der Waals surface area contributed by atoms with Gasteiger partial charge in [-0.25, -0.2) is 0 Å². The Morgan fingerprint density at radius 2 is 2.12 bits per heavy atom. The van der Waals surface area contributed by atoms with Crippen LogP contribution in [0.25, 0.3) is 0 Å². The minimum atomic E-state index is -0.458. The molecule has 1 unspecified atom stereocenters. The van der Waals surface area contributed by atoms with Crippen molar-refractivity contribution in [3.8, 4) is 0 Å². The lowest BCUT2D eigenvalue weighted by molar-refractivity contribution is -0.130. The Balaban J connectivity index is 1.72. The zero-order chi connectivity index (χ0) is 17.4. The summed E-state index contributed by atoms with van der Waals surface area (Å²) in [7, 11) is 0. The number of thioether (sulfide) groups is 1. The maximum Gasteiger partial charge on any atom is 0.237 e. The Labute approximate surface area is 148 Å². The first-order valence-corrected chi connectivity index (χ1v) is 9.86. The summed E-state index contributed by atoms with van der Waals surface area (Å²) >= 11 is 1.69. The first-order chi connectivity index (χ1) is 11.6. The summed E-state index contributed by atoms with van der Waals surface area (Å²) < 4.78 is 0. The molecular formula is C18H27N3O2S. The first-order valence-electron chi connectivity index (χ1n) is 8.46. The lowest BCUT2D eigenvalue weighted by atomic mass is 10.1. The number of hydrogen-bond donors (Lipinski definition) is 2. The van der Waals surface area contributed by atoms with Crippen molar-refractivity contribution in [2.45, 2.75) is 37.8 Å². The van der Waals surface area contributed by atoms with Gasteiger partial charge in [-0.05, 0) is 36.8 Å². The highest BCUT2D eigenvalue weighted by Crippen LogP contribution is 2.13. The number of carbonyl (C=O) groups excluding carboxylic acids is 2. The number of aryl methyl sites for hydroxylation is 1. The van der Waals surface area contributed by atoms with Crippen LogP contribution in [0.1, 0.15) is 24.8 Å². The molecule has 0 aromatic heterocycles. The summed E-state index contributed by atoms with van der Waals surface area (Å²) in [5, 5.41) is 2.98.